The number of carbonyl (C=O) groups excluding carboxylic acids is 1. The van der Waals surface area contributed by atoms with Crippen molar-refractivity contribution in [2.75, 3.05) is 11.9 Å². The number of benzene rings is 3. The van der Waals surface area contributed by atoms with Crippen LogP contribution in [0.3, 0.4) is 0 Å². The second-order valence-corrected chi connectivity index (χ2v) is 10.5. The average molecular weight is 531 g/mol. The molecule has 0 atom stereocenters. The molecule has 0 spiro atoms. The minimum atomic E-state index is -0.402. The molecule has 0 unspecified atom stereocenters. The Bertz CT molecular complexity index is 1470. The number of amides is 1. The Kier molecular flexibility index (Phi) is 7.92. The third-order valence-electron chi connectivity index (χ3n) is 5.51. The van der Waals surface area contributed by atoms with Crippen LogP contribution in [0.4, 0.5) is 5.69 Å². The molecular weight excluding hydrogens is 503 g/mol. The van der Waals surface area contributed by atoms with Gasteiger partial charge < -0.3 is 10.6 Å². The number of halogens is 2. The number of nitrogens with one attached hydrogen (secondary N) is 2. The second-order valence-electron chi connectivity index (χ2n) is 9.63. The van der Waals surface area contributed by atoms with E-state index < -0.39 is 5.54 Å². The van der Waals surface area contributed by atoms with Crippen molar-refractivity contribution in [2.24, 2.45) is 0 Å². The lowest BCUT2D eigenvalue weighted by molar-refractivity contribution is 0.0913. The van der Waals surface area contributed by atoms with Crippen molar-refractivity contribution < 1.29 is 4.79 Å². The fourth-order valence-electron chi connectivity index (χ4n) is 3.84. The van der Waals surface area contributed by atoms with Crippen LogP contribution < -0.4 is 10.6 Å². The van der Waals surface area contributed by atoms with Crippen molar-refractivity contribution >= 4 is 34.8 Å². The van der Waals surface area contributed by atoms with Gasteiger partial charge in [0, 0.05) is 32.9 Å². The summed E-state index contributed by atoms with van der Waals surface area (Å²) >= 11 is 12.9. The lowest BCUT2D eigenvalue weighted by Crippen LogP contribution is -2.41. The molecule has 0 fully saturated rings. The van der Waals surface area contributed by atoms with Gasteiger partial charge in [-0.2, -0.15) is 5.10 Å². The molecule has 7 heteroatoms. The number of hydrogen-bond donors (Lipinski definition) is 2. The Balaban J connectivity index is 1.68. The standard InChI is InChI=1S/C30H28Cl2N4O/c1-20-27(29(37)34-30(2,3)4)35-36(28(20)22-13-15-23(31)16-14-22)26-17-12-21(19-25(26)32)9-8-18-33-24-10-6-5-7-11-24/h5-7,10-17,19,33H,18H2,1-4H3,(H,34,37). The highest BCUT2D eigenvalue weighted by atomic mass is 35.5. The fraction of sp³-hybridized carbons (Fsp3) is 0.200. The summed E-state index contributed by atoms with van der Waals surface area (Å²) < 4.78 is 1.71. The van der Waals surface area contributed by atoms with Gasteiger partial charge in [-0.05, 0) is 70.2 Å². The summed E-state index contributed by atoms with van der Waals surface area (Å²) in [4.78, 5) is 13.1. The van der Waals surface area contributed by atoms with E-state index in [4.69, 9.17) is 28.3 Å². The summed E-state index contributed by atoms with van der Waals surface area (Å²) in [7, 11) is 0. The van der Waals surface area contributed by atoms with Crippen LogP contribution in [0, 0.1) is 18.8 Å². The molecule has 4 rings (SSSR count). The molecule has 5 nitrogen and oxygen atoms in total. The number of aromatic nitrogens is 2. The normalized spacial score (nSPS) is 11.0. The maximum Gasteiger partial charge on any atom is 0.272 e. The molecular formula is C30H28Cl2N4O. The van der Waals surface area contributed by atoms with Gasteiger partial charge in [-0.15, -0.1) is 0 Å². The molecule has 0 saturated carbocycles. The predicted octanol–water partition coefficient (Wildman–Crippen LogP) is 7.15. The zero-order valence-electron chi connectivity index (χ0n) is 21.2. The lowest BCUT2D eigenvalue weighted by atomic mass is 10.0. The highest BCUT2D eigenvalue weighted by Crippen LogP contribution is 2.32. The lowest BCUT2D eigenvalue weighted by Gasteiger charge is -2.19. The molecule has 1 aromatic heterocycles. The molecule has 37 heavy (non-hydrogen) atoms. The van der Waals surface area contributed by atoms with Crippen LogP contribution in [0.25, 0.3) is 16.9 Å². The highest BCUT2D eigenvalue weighted by Gasteiger charge is 2.25. The van der Waals surface area contributed by atoms with E-state index in [1.54, 1.807) is 4.68 Å². The van der Waals surface area contributed by atoms with Crippen molar-refractivity contribution in [3.63, 3.8) is 0 Å². The van der Waals surface area contributed by atoms with E-state index in [0.717, 1.165) is 28.1 Å². The van der Waals surface area contributed by atoms with E-state index >= 15 is 0 Å². The van der Waals surface area contributed by atoms with Gasteiger partial charge in [-0.3, -0.25) is 4.79 Å². The Morgan fingerprint density at radius 1 is 1.00 bits per heavy atom. The number of nitrogens with zero attached hydrogens (tertiary/aromatic N) is 2. The molecule has 188 valence electrons. The van der Waals surface area contributed by atoms with Crippen molar-refractivity contribution in [1.29, 1.82) is 0 Å². The van der Waals surface area contributed by atoms with Crippen molar-refractivity contribution in [3.05, 3.63) is 99.7 Å². The van der Waals surface area contributed by atoms with Crippen LogP contribution in [-0.4, -0.2) is 27.8 Å². The summed E-state index contributed by atoms with van der Waals surface area (Å²) in [5.74, 6) is 6.02. The average Bonchev–Trinajstić information content (AvgIpc) is 3.19. The van der Waals surface area contributed by atoms with E-state index in [0.29, 0.717) is 28.0 Å². The second kappa shape index (κ2) is 11.1. The van der Waals surface area contributed by atoms with Gasteiger partial charge in [0.15, 0.2) is 5.69 Å². The topological polar surface area (TPSA) is 59.0 Å². The van der Waals surface area contributed by atoms with Crippen LogP contribution >= 0.6 is 23.2 Å². The Labute approximate surface area is 227 Å². The number of anilines is 1. The zero-order valence-corrected chi connectivity index (χ0v) is 22.7. The van der Waals surface area contributed by atoms with Crippen LogP contribution in [0.15, 0.2) is 72.8 Å². The van der Waals surface area contributed by atoms with Crippen LogP contribution in [0.2, 0.25) is 10.0 Å². The first-order valence-electron chi connectivity index (χ1n) is 11.9. The van der Waals surface area contributed by atoms with Gasteiger partial charge in [-0.25, -0.2) is 4.68 Å². The zero-order chi connectivity index (χ0) is 26.6. The van der Waals surface area contributed by atoms with E-state index in [1.165, 1.54) is 0 Å². The predicted molar refractivity (Wildman–Crippen MR) is 153 cm³/mol. The quantitative estimate of drug-likeness (QED) is 0.269. The van der Waals surface area contributed by atoms with Crippen LogP contribution in [-0.2, 0) is 0 Å². The molecule has 3 aromatic carbocycles. The number of carbonyl (C=O) groups is 1. The Morgan fingerprint density at radius 2 is 1.70 bits per heavy atom. The maximum atomic E-state index is 13.1. The summed E-state index contributed by atoms with van der Waals surface area (Å²) in [5, 5.41) is 12.1. The molecule has 0 radical (unpaired) electrons. The molecule has 0 aliphatic carbocycles. The van der Waals surface area contributed by atoms with E-state index in [9.17, 15) is 4.79 Å². The van der Waals surface area contributed by atoms with Crippen molar-refractivity contribution in [1.82, 2.24) is 15.1 Å². The van der Waals surface area contributed by atoms with Gasteiger partial charge in [0.05, 0.1) is 22.9 Å². The number of para-hydroxylation sites is 1. The Morgan fingerprint density at radius 3 is 2.35 bits per heavy atom. The van der Waals surface area contributed by atoms with E-state index in [-0.39, 0.29) is 5.91 Å². The monoisotopic (exact) mass is 530 g/mol. The smallest absolute Gasteiger partial charge is 0.272 e. The van der Waals surface area contributed by atoms with Gasteiger partial charge >= 0.3 is 0 Å². The molecule has 0 aliphatic rings. The minimum Gasteiger partial charge on any atom is -0.374 e. The number of hydrogen-bond acceptors (Lipinski definition) is 3. The van der Waals surface area contributed by atoms with Crippen molar-refractivity contribution in [2.45, 2.75) is 33.2 Å². The molecule has 2 N–H and O–H groups in total. The largest absolute Gasteiger partial charge is 0.374 e. The van der Waals surface area contributed by atoms with Gasteiger partial charge in [0.2, 0.25) is 0 Å². The first-order chi connectivity index (χ1) is 17.6. The van der Waals surface area contributed by atoms with Gasteiger partial charge in [0.1, 0.15) is 0 Å². The Hall–Kier alpha value is -3.72. The van der Waals surface area contributed by atoms with Gasteiger partial charge in [0.25, 0.3) is 5.91 Å². The molecule has 4 aromatic rings. The fourth-order valence-corrected chi connectivity index (χ4v) is 4.22. The first-order valence-corrected chi connectivity index (χ1v) is 12.6. The summed E-state index contributed by atoms with van der Waals surface area (Å²) in [5.41, 5.74) is 4.77. The molecule has 0 aliphatic heterocycles. The van der Waals surface area contributed by atoms with E-state index in [1.807, 2.05) is 100 Å². The molecule has 0 saturated heterocycles. The van der Waals surface area contributed by atoms with Crippen molar-refractivity contribution in [3.8, 4) is 28.8 Å². The van der Waals surface area contributed by atoms with Crippen LogP contribution in [0.5, 0.6) is 0 Å². The van der Waals surface area contributed by atoms with Crippen LogP contribution in [0.1, 0.15) is 42.4 Å². The summed E-state index contributed by atoms with van der Waals surface area (Å²) in [6.45, 7) is 8.20. The molecule has 0 bridgehead atoms. The summed E-state index contributed by atoms with van der Waals surface area (Å²) in [6.07, 6.45) is 0. The highest BCUT2D eigenvalue weighted by molar-refractivity contribution is 6.32. The first kappa shape index (κ1) is 26.3. The SMILES string of the molecule is Cc1c(C(=O)NC(C)(C)C)nn(-c2ccc(C#CCNc3ccccc3)cc2Cl)c1-c1ccc(Cl)cc1. The maximum absolute atomic E-state index is 13.1. The molecule has 1 heterocycles. The summed E-state index contributed by atoms with van der Waals surface area (Å²) in [6, 6.07) is 22.9. The minimum absolute atomic E-state index is 0.247. The third kappa shape index (κ3) is 6.54. The molecule has 1 amide bonds. The van der Waals surface area contributed by atoms with E-state index in [2.05, 4.69) is 22.5 Å². The van der Waals surface area contributed by atoms with Gasteiger partial charge in [-0.1, -0.05) is 65.4 Å². The third-order valence-corrected chi connectivity index (χ3v) is 6.06. The number of rotatable bonds is 5.